The first-order valence-corrected chi connectivity index (χ1v) is 10.5. The van der Waals surface area contributed by atoms with E-state index in [0.29, 0.717) is 23.8 Å². The number of carboxylic acid groups (broad SMARTS) is 1. The van der Waals surface area contributed by atoms with Gasteiger partial charge in [-0.3, -0.25) is 4.79 Å². The molecular formula is C26H27NO7. The highest BCUT2D eigenvalue weighted by atomic mass is 16.5. The summed E-state index contributed by atoms with van der Waals surface area (Å²) in [5.74, 6) is 0.254. The second-order valence-electron chi connectivity index (χ2n) is 7.37. The number of nitrogens with zero attached hydrogens (tertiary/aromatic N) is 1. The van der Waals surface area contributed by atoms with Crippen molar-refractivity contribution in [2.75, 3.05) is 27.9 Å². The van der Waals surface area contributed by atoms with Gasteiger partial charge in [0, 0.05) is 24.7 Å². The number of carbonyl (C=O) groups is 2. The third-order valence-corrected chi connectivity index (χ3v) is 5.19. The Morgan fingerprint density at radius 1 is 0.794 bits per heavy atom. The molecule has 178 valence electrons. The Hall–Kier alpha value is -4.20. The second-order valence-corrected chi connectivity index (χ2v) is 7.37. The molecule has 8 heteroatoms. The highest BCUT2D eigenvalue weighted by Gasteiger charge is 2.20. The molecule has 1 N–H and O–H groups in total. The van der Waals surface area contributed by atoms with Crippen LogP contribution < -0.4 is 18.9 Å². The molecule has 0 radical (unpaired) electrons. The summed E-state index contributed by atoms with van der Waals surface area (Å²) < 4.78 is 21.6. The number of methoxy groups -OCH3 is 3. The van der Waals surface area contributed by atoms with E-state index in [1.807, 2.05) is 36.4 Å². The van der Waals surface area contributed by atoms with E-state index < -0.39 is 5.97 Å². The van der Waals surface area contributed by atoms with Crippen LogP contribution in [0.2, 0.25) is 0 Å². The van der Waals surface area contributed by atoms with Gasteiger partial charge >= 0.3 is 5.97 Å². The molecule has 1 amide bonds. The van der Waals surface area contributed by atoms with Crippen LogP contribution in [0.3, 0.4) is 0 Å². The number of amides is 1. The van der Waals surface area contributed by atoms with Gasteiger partial charge in [0.05, 0.1) is 21.3 Å². The van der Waals surface area contributed by atoms with Gasteiger partial charge in [0.25, 0.3) is 5.91 Å². The SMILES string of the molecule is COc1ccc(OC)c(CN(Cc2ccccc2)C(=O)COc2cc(OC)ccc2C(=O)O)c1. The lowest BCUT2D eigenvalue weighted by Gasteiger charge is -2.24. The minimum Gasteiger partial charge on any atom is -0.497 e. The van der Waals surface area contributed by atoms with E-state index in [2.05, 4.69) is 0 Å². The van der Waals surface area contributed by atoms with Crippen LogP contribution in [0, 0.1) is 0 Å². The molecule has 3 aromatic carbocycles. The van der Waals surface area contributed by atoms with Crippen molar-refractivity contribution in [3.63, 3.8) is 0 Å². The summed E-state index contributed by atoms with van der Waals surface area (Å²) in [5, 5.41) is 9.46. The largest absolute Gasteiger partial charge is 0.497 e. The summed E-state index contributed by atoms with van der Waals surface area (Å²) >= 11 is 0. The second kappa shape index (κ2) is 11.6. The fourth-order valence-electron chi connectivity index (χ4n) is 3.40. The molecule has 0 aliphatic heterocycles. The smallest absolute Gasteiger partial charge is 0.339 e. The first-order valence-electron chi connectivity index (χ1n) is 10.5. The van der Waals surface area contributed by atoms with Crippen molar-refractivity contribution < 1.29 is 33.6 Å². The molecule has 0 aliphatic carbocycles. The number of hydrogen-bond donors (Lipinski definition) is 1. The summed E-state index contributed by atoms with van der Waals surface area (Å²) in [6.45, 7) is 0.210. The van der Waals surface area contributed by atoms with Crippen LogP contribution in [-0.2, 0) is 17.9 Å². The van der Waals surface area contributed by atoms with Crippen molar-refractivity contribution in [3.05, 3.63) is 83.4 Å². The average Bonchev–Trinajstić information content (AvgIpc) is 2.87. The number of benzene rings is 3. The zero-order valence-electron chi connectivity index (χ0n) is 19.3. The molecule has 0 heterocycles. The first-order chi connectivity index (χ1) is 16.4. The number of hydrogen-bond acceptors (Lipinski definition) is 6. The summed E-state index contributed by atoms with van der Waals surface area (Å²) in [6, 6.07) is 19.3. The highest BCUT2D eigenvalue weighted by Crippen LogP contribution is 2.27. The monoisotopic (exact) mass is 465 g/mol. The van der Waals surface area contributed by atoms with Crippen LogP contribution in [0.1, 0.15) is 21.5 Å². The Morgan fingerprint density at radius 3 is 2.12 bits per heavy atom. The Bertz CT molecular complexity index is 1130. The van der Waals surface area contributed by atoms with Crippen molar-refractivity contribution in [2.45, 2.75) is 13.1 Å². The predicted octanol–water partition coefficient (Wildman–Crippen LogP) is 4.02. The summed E-state index contributed by atoms with van der Waals surface area (Å²) in [4.78, 5) is 26.5. The van der Waals surface area contributed by atoms with Crippen molar-refractivity contribution in [1.29, 1.82) is 0 Å². The molecule has 0 spiro atoms. The van der Waals surface area contributed by atoms with E-state index in [1.54, 1.807) is 31.3 Å². The van der Waals surface area contributed by atoms with Gasteiger partial charge in [-0.05, 0) is 35.9 Å². The molecular weight excluding hydrogens is 438 g/mol. The van der Waals surface area contributed by atoms with Crippen LogP contribution in [0.25, 0.3) is 0 Å². The van der Waals surface area contributed by atoms with Gasteiger partial charge in [-0.1, -0.05) is 30.3 Å². The third kappa shape index (κ3) is 6.19. The molecule has 0 unspecified atom stereocenters. The van der Waals surface area contributed by atoms with Crippen LogP contribution in [0.5, 0.6) is 23.0 Å². The normalized spacial score (nSPS) is 10.3. The Labute approximate surface area is 198 Å². The molecule has 3 aromatic rings. The molecule has 0 saturated carbocycles. The van der Waals surface area contributed by atoms with E-state index in [1.165, 1.54) is 25.3 Å². The van der Waals surface area contributed by atoms with E-state index >= 15 is 0 Å². The van der Waals surface area contributed by atoms with Crippen LogP contribution in [-0.4, -0.2) is 49.8 Å². The maximum absolute atomic E-state index is 13.3. The maximum atomic E-state index is 13.3. The molecule has 34 heavy (non-hydrogen) atoms. The number of rotatable bonds is 11. The van der Waals surface area contributed by atoms with E-state index in [-0.39, 0.29) is 30.4 Å². The third-order valence-electron chi connectivity index (χ3n) is 5.19. The summed E-state index contributed by atoms with van der Waals surface area (Å²) in [6.07, 6.45) is 0. The number of ether oxygens (including phenoxy) is 4. The Kier molecular flexibility index (Phi) is 8.34. The van der Waals surface area contributed by atoms with Crippen molar-refractivity contribution in [2.24, 2.45) is 0 Å². The van der Waals surface area contributed by atoms with Crippen LogP contribution in [0.4, 0.5) is 0 Å². The fourth-order valence-corrected chi connectivity index (χ4v) is 3.40. The summed E-state index contributed by atoms with van der Waals surface area (Å²) in [7, 11) is 4.60. The van der Waals surface area contributed by atoms with Gasteiger partial charge in [0.15, 0.2) is 6.61 Å². The molecule has 3 rings (SSSR count). The van der Waals surface area contributed by atoms with Gasteiger partial charge in [-0.15, -0.1) is 0 Å². The topological polar surface area (TPSA) is 94.5 Å². The Morgan fingerprint density at radius 2 is 1.47 bits per heavy atom. The van der Waals surface area contributed by atoms with Gasteiger partial charge < -0.3 is 29.0 Å². The molecule has 0 saturated heterocycles. The molecule has 0 bridgehead atoms. The number of carbonyl (C=O) groups excluding carboxylic acids is 1. The maximum Gasteiger partial charge on any atom is 0.339 e. The molecule has 0 atom stereocenters. The quantitative estimate of drug-likeness (QED) is 0.457. The van der Waals surface area contributed by atoms with E-state index in [4.69, 9.17) is 18.9 Å². The van der Waals surface area contributed by atoms with Crippen molar-refractivity contribution in [1.82, 2.24) is 4.90 Å². The van der Waals surface area contributed by atoms with E-state index in [0.717, 1.165) is 11.1 Å². The lowest BCUT2D eigenvalue weighted by Crippen LogP contribution is -2.34. The fraction of sp³-hybridized carbons (Fsp3) is 0.231. The molecule has 0 fully saturated rings. The minimum atomic E-state index is -1.16. The van der Waals surface area contributed by atoms with Gasteiger partial charge in [-0.25, -0.2) is 4.79 Å². The van der Waals surface area contributed by atoms with Gasteiger partial charge in [0.2, 0.25) is 0 Å². The zero-order chi connectivity index (χ0) is 24.5. The number of carboxylic acids is 1. The summed E-state index contributed by atoms with van der Waals surface area (Å²) in [5.41, 5.74) is 1.64. The van der Waals surface area contributed by atoms with Crippen LogP contribution in [0.15, 0.2) is 66.7 Å². The van der Waals surface area contributed by atoms with Crippen molar-refractivity contribution in [3.8, 4) is 23.0 Å². The van der Waals surface area contributed by atoms with Crippen LogP contribution >= 0.6 is 0 Å². The predicted molar refractivity (Wildman–Crippen MR) is 126 cm³/mol. The number of aromatic carboxylic acids is 1. The molecule has 0 aromatic heterocycles. The minimum absolute atomic E-state index is 0.0545. The molecule has 8 nitrogen and oxygen atoms in total. The highest BCUT2D eigenvalue weighted by molar-refractivity contribution is 5.91. The van der Waals surface area contributed by atoms with E-state index in [9.17, 15) is 14.7 Å². The first kappa shape index (κ1) is 24.4. The lowest BCUT2D eigenvalue weighted by molar-refractivity contribution is -0.134. The Balaban J connectivity index is 1.85. The van der Waals surface area contributed by atoms with Gasteiger partial charge in [-0.2, -0.15) is 0 Å². The zero-order valence-corrected chi connectivity index (χ0v) is 19.3. The lowest BCUT2D eigenvalue weighted by atomic mass is 10.1. The van der Waals surface area contributed by atoms with Gasteiger partial charge in [0.1, 0.15) is 28.6 Å². The van der Waals surface area contributed by atoms with Crippen molar-refractivity contribution >= 4 is 11.9 Å². The molecule has 0 aliphatic rings. The standard InChI is InChI=1S/C26H27NO7/c1-31-20-10-12-23(33-3)19(13-20)16-27(15-18-7-5-4-6-8-18)25(28)17-34-24-14-21(32-2)9-11-22(24)26(29)30/h4-14H,15-17H2,1-3H3,(H,29,30). The average molecular weight is 466 g/mol.